The number of aryl methyl sites for hydroxylation is 2. The van der Waals surface area contributed by atoms with Crippen LogP contribution in [-0.2, 0) is 39.2 Å². The monoisotopic (exact) mass is 625 g/mol. The molecule has 0 bridgehead atoms. The van der Waals surface area contributed by atoms with Gasteiger partial charge in [0.15, 0.2) is 0 Å². The van der Waals surface area contributed by atoms with Crippen LogP contribution in [0, 0.1) is 0 Å². The number of hydrogen-bond donors (Lipinski definition) is 2. The first-order chi connectivity index (χ1) is 19.2. The maximum absolute atomic E-state index is 10.6. The molecule has 0 amide bonds. The van der Waals surface area contributed by atoms with E-state index in [0.29, 0.717) is 23.3 Å². The first-order valence-electron chi connectivity index (χ1n) is 14.3. The van der Waals surface area contributed by atoms with Crippen LogP contribution in [0.2, 0.25) is 0 Å². The van der Waals surface area contributed by atoms with Gasteiger partial charge in [0.2, 0.25) is 0 Å². The van der Waals surface area contributed by atoms with Gasteiger partial charge in [-0.05, 0) is 92.2 Å². The van der Waals surface area contributed by atoms with E-state index in [9.17, 15) is 10.2 Å². The second-order valence-corrected chi connectivity index (χ2v) is 10.9. The largest absolute Gasteiger partial charge is 2.00 e. The molecule has 0 aromatic heterocycles. The van der Waals surface area contributed by atoms with Gasteiger partial charge in [-0.25, -0.2) is 0 Å². The summed E-state index contributed by atoms with van der Waals surface area (Å²) >= 11 is 0. The van der Waals surface area contributed by atoms with E-state index in [2.05, 4.69) is 65.8 Å². The Balaban J connectivity index is 0.00000166. The fourth-order valence-electron chi connectivity index (χ4n) is 4.47. The van der Waals surface area contributed by atoms with E-state index < -0.39 is 11.9 Å². The predicted octanol–water partition coefficient (Wildman–Crippen LogP) is 4.44. The number of benzene rings is 2. The molecule has 2 unspecified atom stereocenters. The smallest absolute Gasteiger partial charge is 0.550 e. The number of nitrogens with zero attached hydrogens (tertiary/aromatic N) is 2. The number of carboxylic acids is 2. The number of aliphatic imine (C=N–C) groups is 2. The standard InChI is InChI=1S/C29H40N2O2.2C2H4O2.Co/c1-7-20-11-22(18(3)4)13-24(28(20)32)16-30-26-9-10-27(15-26)31-17-25-14-23(19(5)6)12-21(8-2)29(25)33;2*1-2(3)4;/h11-14,16-19,26-27,32-33H,7-10,15H2,1-6H3;2*1H3,(H,3,4);/q;;;+2/p-2. The van der Waals surface area contributed by atoms with Crippen molar-refractivity contribution >= 4 is 24.4 Å². The Bertz CT molecular complexity index is 1120. The quantitative estimate of drug-likeness (QED) is 0.415. The summed E-state index contributed by atoms with van der Waals surface area (Å²) < 4.78 is 0. The van der Waals surface area contributed by atoms with Crippen molar-refractivity contribution in [3.63, 3.8) is 0 Å². The first kappa shape index (κ1) is 38.8. The Kier molecular flexibility index (Phi) is 17.7. The van der Waals surface area contributed by atoms with E-state index in [-0.39, 0.29) is 28.9 Å². The van der Waals surface area contributed by atoms with Gasteiger partial charge in [0, 0.05) is 35.5 Å². The number of rotatable bonds is 8. The maximum atomic E-state index is 10.6. The van der Waals surface area contributed by atoms with Gasteiger partial charge in [-0.2, -0.15) is 0 Å². The average Bonchev–Trinajstić information content (AvgIpc) is 3.34. The van der Waals surface area contributed by atoms with Gasteiger partial charge in [0.25, 0.3) is 0 Å². The molecule has 0 spiro atoms. The summed E-state index contributed by atoms with van der Waals surface area (Å²) in [5, 5.41) is 39.0. The van der Waals surface area contributed by atoms with E-state index in [1.165, 1.54) is 11.1 Å². The zero-order valence-electron chi connectivity index (χ0n) is 26.1. The third-order valence-electron chi connectivity index (χ3n) is 6.80. The van der Waals surface area contributed by atoms with E-state index in [0.717, 1.165) is 68.2 Å². The van der Waals surface area contributed by atoms with Crippen LogP contribution in [0.25, 0.3) is 0 Å². The first-order valence-corrected chi connectivity index (χ1v) is 14.3. The van der Waals surface area contributed by atoms with Crippen LogP contribution < -0.4 is 10.2 Å². The Morgan fingerprint density at radius 2 is 1.10 bits per heavy atom. The van der Waals surface area contributed by atoms with Crippen molar-refractivity contribution in [1.82, 2.24) is 0 Å². The number of aromatic hydroxyl groups is 2. The number of carboxylic acid groups (broad SMARTS) is 2. The number of phenols is 2. The second-order valence-electron chi connectivity index (χ2n) is 10.9. The minimum Gasteiger partial charge on any atom is -0.550 e. The van der Waals surface area contributed by atoms with Crippen molar-refractivity contribution in [1.29, 1.82) is 0 Å². The molecule has 3 rings (SSSR count). The molecule has 233 valence electrons. The minimum atomic E-state index is -1.08. The molecule has 42 heavy (non-hydrogen) atoms. The molecule has 2 atom stereocenters. The van der Waals surface area contributed by atoms with Crippen LogP contribution in [0.15, 0.2) is 34.3 Å². The van der Waals surface area contributed by atoms with Crippen LogP contribution in [0.5, 0.6) is 11.5 Å². The molecule has 0 saturated heterocycles. The number of hydrogen-bond acceptors (Lipinski definition) is 8. The van der Waals surface area contributed by atoms with Gasteiger partial charge in [0.05, 0.1) is 12.1 Å². The molecular formula is C33H46CoN2O6. The Labute approximate surface area is 261 Å². The van der Waals surface area contributed by atoms with Crippen LogP contribution >= 0.6 is 0 Å². The third kappa shape index (κ3) is 13.2. The van der Waals surface area contributed by atoms with Crippen LogP contribution in [0.4, 0.5) is 0 Å². The Morgan fingerprint density at radius 1 is 0.786 bits per heavy atom. The molecule has 8 nitrogen and oxygen atoms in total. The second kappa shape index (κ2) is 19.1. The summed E-state index contributed by atoms with van der Waals surface area (Å²) in [5.41, 5.74) is 6.04. The number of carbonyl (C=O) groups excluding carboxylic acids is 2. The van der Waals surface area contributed by atoms with Gasteiger partial charge in [-0.15, -0.1) is 0 Å². The van der Waals surface area contributed by atoms with Gasteiger partial charge < -0.3 is 30.0 Å². The summed E-state index contributed by atoms with van der Waals surface area (Å²) in [6, 6.07) is 8.74. The molecule has 2 N–H and O–H groups in total. The summed E-state index contributed by atoms with van der Waals surface area (Å²) in [6.07, 6.45) is 8.18. The van der Waals surface area contributed by atoms with Gasteiger partial charge >= 0.3 is 16.8 Å². The van der Waals surface area contributed by atoms with Gasteiger partial charge in [0.1, 0.15) is 11.5 Å². The van der Waals surface area contributed by atoms with E-state index in [1.54, 1.807) is 0 Å². The van der Waals surface area contributed by atoms with Crippen LogP contribution in [-0.4, -0.2) is 46.7 Å². The average molecular weight is 626 g/mol. The van der Waals surface area contributed by atoms with Crippen molar-refractivity contribution in [2.75, 3.05) is 0 Å². The van der Waals surface area contributed by atoms with Crippen molar-refractivity contribution in [2.45, 2.75) is 111 Å². The molecule has 0 aliphatic heterocycles. The molecule has 1 saturated carbocycles. The Hall–Kier alpha value is -3.17. The van der Waals surface area contributed by atoms with Crippen LogP contribution in [0.3, 0.4) is 0 Å². The SMILES string of the molecule is CC(=O)[O-].CC(=O)[O-].CCc1cc(C(C)C)cc(C=NC2CCC(N=Cc3cc(C(C)C)cc(CC)c3O)C2)c1O.[Co+2]. The van der Waals surface area contributed by atoms with Crippen molar-refractivity contribution in [3.05, 3.63) is 57.6 Å². The normalized spacial score (nSPS) is 16.1. The molecule has 1 fully saturated rings. The number of carbonyl (C=O) groups is 2. The van der Waals surface area contributed by atoms with Crippen molar-refractivity contribution in [2.24, 2.45) is 9.98 Å². The molecule has 1 radical (unpaired) electrons. The Morgan fingerprint density at radius 3 is 1.36 bits per heavy atom. The van der Waals surface area contributed by atoms with E-state index in [1.807, 2.05) is 12.4 Å². The molecule has 2 aromatic rings. The molecule has 1 aliphatic carbocycles. The van der Waals surface area contributed by atoms with E-state index >= 15 is 0 Å². The third-order valence-corrected chi connectivity index (χ3v) is 6.80. The molecule has 0 heterocycles. The number of aliphatic carboxylic acids is 2. The van der Waals surface area contributed by atoms with E-state index in [4.69, 9.17) is 29.8 Å². The summed E-state index contributed by atoms with van der Waals surface area (Å²) in [5.74, 6) is -0.643. The zero-order chi connectivity index (χ0) is 31.3. The minimum absolute atomic E-state index is 0. The van der Waals surface area contributed by atoms with Gasteiger partial charge in [-0.3, -0.25) is 9.98 Å². The maximum Gasteiger partial charge on any atom is 2.00 e. The zero-order valence-corrected chi connectivity index (χ0v) is 27.1. The molecule has 2 aromatic carbocycles. The number of phenolic OH excluding ortho intramolecular Hbond substituents is 2. The fourth-order valence-corrected chi connectivity index (χ4v) is 4.47. The summed E-state index contributed by atoms with van der Waals surface area (Å²) in [4.78, 5) is 27.4. The fraction of sp³-hybridized carbons (Fsp3) is 0.515. The van der Waals surface area contributed by atoms with Gasteiger partial charge in [-0.1, -0.05) is 53.7 Å². The van der Waals surface area contributed by atoms with Crippen molar-refractivity contribution < 1.29 is 46.8 Å². The van der Waals surface area contributed by atoms with Crippen LogP contribution in [0.1, 0.15) is 120 Å². The predicted molar refractivity (Wildman–Crippen MR) is 161 cm³/mol. The molecule has 9 heteroatoms. The topological polar surface area (TPSA) is 145 Å². The summed E-state index contributed by atoms with van der Waals surface area (Å²) in [6.45, 7) is 14.8. The summed E-state index contributed by atoms with van der Waals surface area (Å²) in [7, 11) is 0. The molecular weight excluding hydrogens is 579 g/mol. The van der Waals surface area contributed by atoms with Crippen molar-refractivity contribution in [3.8, 4) is 11.5 Å². The molecule has 1 aliphatic rings.